The summed E-state index contributed by atoms with van der Waals surface area (Å²) in [4.78, 5) is 51.0. The van der Waals surface area contributed by atoms with Crippen molar-refractivity contribution < 1.29 is 28.3 Å². The third-order valence-electron chi connectivity index (χ3n) is 5.36. The molecular formula is C28H28N4O6. The van der Waals surface area contributed by atoms with Crippen molar-refractivity contribution in [2.24, 2.45) is 0 Å². The van der Waals surface area contributed by atoms with E-state index in [0.29, 0.717) is 22.6 Å². The number of urea groups is 1. The first-order chi connectivity index (χ1) is 18.1. The Labute approximate surface area is 219 Å². The van der Waals surface area contributed by atoms with Gasteiger partial charge >= 0.3 is 12.1 Å². The minimum Gasteiger partial charge on any atom is -0.464 e. The summed E-state index contributed by atoms with van der Waals surface area (Å²) < 4.78 is 10.7. The van der Waals surface area contributed by atoms with Gasteiger partial charge in [0.05, 0.1) is 12.8 Å². The van der Waals surface area contributed by atoms with Crippen molar-refractivity contribution in [2.45, 2.75) is 32.9 Å². The Bertz CT molecular complexity index is 1370. The van der Waals surface area contributed by atoms with Crippen LogP contribution in [0, 0.1) is 0 Å². The number of benzene rings is 2. The van der Waals surface area contributed by atoms with E-state index in [1.54, 1.807) is 51.1 Å². The van der Waals surface area contributed by atoms with Gasteiger partial charge in [-0.15, -0.1) is 0 Å². The smallest absolute Gasteiger partial charge is 0.408 e. The van der Waals surface area contributed by atoms with Gasteiger partial charge in [0, 0.05) is 11.3 Å². The standard InChI is InChI=1S/C28H28N4O6/c1-28(2,3)38-27(36)29-16-24(33)30-20-11-12-21(23-10-7-13-37-23)19(14-20)15-22-25(34)32(26(35)31-22)17-18-8-5-4-6-9-18/h4-15H,16-17H2,1-3H3,(H,29,36)(H,30,33)(H,31,35). The van der Waals surface area contributed by atoms with Crippen molar-refractivity contribution in [3.8, 4) is 11.3 Å². The summed E-state index contributed by atoms with van der Waals surface area (Å²) in [6, 6.07) is 17.2. The van der Waals surface area contributed by atoms with Crippen molar-refractivity contribution in [2.75, 3.05) is 11.9 Å². The molecule has 0 radical (unpaired) electrons. The lowest BCUT2D eigenvalue weighted by Crippen LogP contribution is -2.37. The van der Waals surface area contributed by atoms with Crippen molar-refractivity contribution in [3.05, 3.63) is 83.8 Å². The highest BCUT2D eigenvalue weighted by atomic mass is 16.6. The highest BCUT2D eigenvalue weighted by Crippen LogP contribution is 2.29. The Kier molecular flexibility index (Phi) is 7.61. The maximum Gasteiger partial charge on any atom is 0.408 e. The number of imide groups is 1. The van der Waals surface area contributed by atoms with Gasteiger partial charge in [-0.3, -0.25) is 14.5 Å². The average Bonchev–Trinajstić information content (AvgIpc) is 3.47. The molecule has 4 rings (SSSR count). The minimum atomic E-state index is -0.707. The first-order valence-electron chi connectivity index (χ1n) is 11.9. The van der Waals surface area contributed by atoms with Gasteiger partial charge < -0.3 is 25.1 Å². The second-order valence-corrected chi connectivity index (χ2v) is 9.55. The molecule has 3 aromatic rings. The summed E-state index contributed by atoms with van der Waals surface area (Å²) >= 11 is 0. The van der Waals surface area contributed by atoms with Crippen LogP contribution >= 0.6 is 0 Å². The monoisotopic (exact) mass is 516 g/mol. The Morgan fingerprint density at radius 3 is 2.50 bits per heavy atom. The van der Waals surface area contributed by atoms with Crippen LogP contribution in [-0.4, -0.2) is 41.0 Å². The normalized spacial score (nSPS) is 14.4. The molecule has 1 fully saturated rings. The molecule has 10 nitrogen and oxygen atoms in total. The predicted octanol–water partition coefficient (Wildman–Crippen LogP) is 4.50. The van der Waals surface area contributed by atoms with Gasteiger partial charge in [0.1, 0.15) is 23.6 Å². The van der Waals surface area contributed by atoms with E-state index in [4.69, 9.17) is 9.15 Å². The summed E-state index contributed by atoms with van der Waals surface area (Å²) in [5.74, 6) is -0.404. The molecule has 1 saturated heterocycles. The van der Waals surface area contributed by atoms with Crippen LogP contribution in [0.25, 0.3) is 17.4 Å². The topological polar surface area (TPSA) is 130 Å². The molecule has 5 amide bonds. The lowest BCUT2D eigenvalue weighted by Gasteiger charge is -2.19. The quantitative estimate of drug-likeness (QED) is 0.313. The van der Waals surface area contributed by atoms with E-state index in [1.807, 2.05) is 30.3 Å². The second kappa shape index (κ2) is 11.0. The zero-order chi connectivity index (χ0) is 27.3. The van der Waals surface area contributed by atoms with Gasteiger partial charge in [-0.05, 0) is 68.3 Å². The summed E-state index contributed by atoms with van der Waals surface area (Å²) in [7, 11) is 0. The van der Waals surface area contributed by atoms with Crippen molar-refractivity contribution in [1.29, 1.82) is 0 Å². The Morgan fingerprint density at radius 1 is 1.05 bits per heavy atom. The van der Waals surface area contributed by atoms with Crippen LogP contribution in [0.4, 0.5) is 15.3 Å². The molecule has 38 heavy (non-hydrogen) atoms. The molecule has 3 N–H and O–H groups in total. The molecule has 0 spiro atoms. The lowest BCUT2D eigenvalue weighted by atomic mass is 10.0. The number of amides is 5. The number of hydrogen-bond donors (Lipinski definition) is 3. The first-order valence-corrected chi connectivity index (χ1v) is 11.9. The van der Waals surface area contributed by atoms with Gasteiger partial charge in [0.15, 0.2) is 0 Å². The summed E-state index contributed by atoms with van der Waals surface area (Å²) in [6.07, 6.45) is 2.35. The largest absolute Gasteiger partial charge is 0.464 e. The number of nitrogens with one attached hydrogen (secondary N) is 3. The zero-order valence-electron chi connectivity index (χ0n) is 21.2. The number of ether oxygens (including phenoxy) is 1. The fourth-order valence-electron chi connectivity index (χ4n) is 3.72. The molecular weight excluding hydrogens is 488 g/mol. The number of alkyl carbamates (subject to hydrolysis) is 1. The first kappa shape index (κ1) is 26.2. The third-order valence-corrected chi connectivity index (χ3v) is 5.36. The van der Waals surface area contributed by atoms with E-state index in [-0.39, 0.29) is 18.8 Å². The molecule has 0 atom stereocenters. The molecule has 0 aliphatic carbocycles. The van der Waals surface area contributed by atoms with Gasteiger partial charge in [0.25, 0.3) is 5.91 Å². The number of carbonyl (C=O) groups excluding carboxylic acids is 4. The van der Waals surface area contributed by atoms with Crippen LogP contribution in [0.1, 0.15) is 31.9 Å². The molecule has 0 unspecified atom stereocenters. The van der Waals surface area contributed by atoms with E-state index >= 15 is 0 Å². The van der Waals surface area contributed by atoms with Crippen LogP contribution in [0.3, 0.4) is 0 Å². The van der Waals surface area contributed by atoms with E-state index in [2.05, 4.69) is 16.0 Å². The molecule has 196 valence electrons. The zero-order valence-corrected chi connectivity index (χ0v) is 21.2. The molecule has 2 heterocycles. The van der Waals surface area contributed by atoms with E-state index in [0.717, 1.165) is 10.5 Å². The Morgan fingerprint density at radius 2 is 1.82 bits per heavy atom. The molecule has 2 aromatic carbocycles. The predicted molar refractivity (Wildman–Crippen MR) is 141 cm³/mol. The van der Waals surface area contributed by atoms with E-state index < -0.39 is 29.5 Å². The highest BCUT2D eigenvalue weighted by Gasteiger charge is 2.33. The summed E-state index contributed by atoms with van der Waals surface area (Å²) in [5, 5.41) is 7.74. The number of anilines is 1. The number of furan rings is 1. The lowest BCUT2D eigenvalue weighted by molar-refractivity contribution is -0.123. The number of rotatable bonds is 7. The summed E-state index contributed by atoms with van der Waals surface area (Å²) in [6.45, 7) is 5.01. The van der Waals surface area contributed by atoms with Gasteiger partial charge in [-0.1, -0.05) is 30.3 Å². The number of carbonyl (C=O) groups is 4. The molecule has 1 aromatic heterocycles. The molecule has 10 heteroatoms. The van der Waals surface area contributed by atoms with Crippen LogP contribution < -0.4 is 16.0 Å². The van der Waals surface area contributed by atoms with Crippen LogP contribution in [-0.2, 0) is 20.9 Å². The van der Waals surface area contributed by atoms with Gasteiger partial charge in [-0.25, -0.2) is 9.59 Å². The van der Waals surface area contributed by atoms with Crippen molar-refractivity contribution >= 4 is 35.7 Å². The van der Waals surface area contributed by atoms with Crippen molar-refractivity contribution in [1.82, 2.24) is 15.5 Å². The van der Waals surface area contributed by atoms with E-state index in [9.17, 15) is 19.2 Å². The molecule has 1 aliphatic rings. The van der Waals surface area contributed by atoms with Crippen LogP contribution in [0.2, 0.25) is 0 Å². The maximum absolute atomic E-state index is 13.1. The third kappa shape index (κ3) is 6.67. The van der Waals surface area contributed by atoms with Gasteiger partial charge in [0.2, 0.25) is 5.91 Å². The Hall–Kier alpha value is -4.86. The SMILES string of the molecule is CC(C)(C)OC(=O)NCC(=O)Nc1ccc(-c2ccco2)c(C=C2NC(=O)N(Cc3ccccc3)C2=O)c1. The number of nitrogens with zero attached hydrogens (tertiary/aromatic N) is 1. The van der Waals surface area contributed by atoms with Gasteiger partial charge in [-0.2, -0.15) is 0 Å². The van der Waals surface area contributed by atoms with Crippen LogP contribution in [0.15, 0.2) is 77.0 Å². The maximum atomic E-state index is 13.1. The van der Waals surface area contributed by atoms with E-state index in [1.165, 1.54) is 12.3 Å². The molecule has 0 bridgehead atoms. The highest BCUT2D eigenvalue weighted by molar-refractivity contribution is 6.14. The minimum absolute atomic E-state index is 0.0915. The van der Waals surface area contributed by atoms with Crippen LogP contribution in [0.5, 0.6) is 0 Å². The fourth-order valence-corrected chi connectivity index (χ4v) is 3.72. The average molecular weight is 517 g/mol. The van der Waals surface area contributed by atoms with Crippen molar-refractivity contribution in [3.63, 3.8) is 0 Å². The second-order valence-electron chi connectivity index (χ2n) is 9.55. The molecule has 0 saturated carbocycles. The fraction of sp³-hybridized carbons (Fsp3) is 0.214. The number of hydrogen-bond acceptors (Lipinski definition) is 6. The Balaban J connectivity index is 1.54. The summed E-state index contributed by atoms with van der Waals surface area (Å²) in [5.41, 5.74) is 1.82. The molecule has 1 aliphatic heterocycles.